The van der Waals surface area contributed by atoms with Gasteiger partial charge in [0.15, 0.2) is 6.29 Å². The van der Waals surface area contributed by atoms with Crippen LogP contribution in [0.1, 0.15) is 322 Å². The van der Waals surface area contributed by atoms with E-state index < -0.39 is 49.5 Å². The number of aliphatic hydroxyl groups excluding tert-OH is 5. The van der Waals surface area contributed by atoms with E-state index in [4.69, 9.17) is 9.47 Å². The Kier molecular flexibility index (Phi) is 48.7. The molecule has 412 valence electrons. The smallest absolute Gasteiger partial charge is 0.220 e. The Bertz CT molecular complexity index is 1050. The van der Waals surface area contributed by atoms with Crippen molar-refractivity contribution in [1.29, 1.82) is 0 Å². The van der Waals surface area contributed by atoms with E-state index in [1.165, 1.54) is 257 Å². The Hall–Kier alpha value is -0.810. The molecule has 1 heterocycles. The van der Waals surface area contributed by atoms with Crippen LogP contribution in [0.4, 0.5) is 0 Å². The van der Waals surface area contributed by atoms with Gasteiger partial charge in [0.05, 0.1) is 25.4 Å². The third kappa shape index (κ3) is 40.3. The van der Waals surface area contributed by atoms with Gasteiger partial charge in [0.25, 0.3) is 0 Å². The summed E-state index contributed by atoms with van der Waals surface area (Å²) in [6.45, 7) is 3.89. The first-order valence-corrected chi connectivity index (χ1v) is 30.7. The Balaban J connectivity index is 2.11. The molecule has 7 unspecified atom stereocenters. The van der Waals surface area contributed by atoms with Crippen LogP contribution in [0.3, 0.4) is 0 Å². The molecule has 0 aliphatic carbocycles. The SMILES string of the molecule is CCCCCCCCCCCCCCCCCCCCCCCCCCCCCCCCC(=O)NC(COC1OC(CO)C(O)C(O)C1O)C(O)CCCCCCCCCCCCCCCCCC. The van der Waals surface area contributed by atoms with Gasteiger partial charge in [-0.1, -0.05) is 303 Å². The highest BCUT2D eigenvalue weighted by atomic mass is 16.7. The average molecular weight is 983 g/mol. The van der Waals surface area contributed by atoms with E-state index in [1.54, 1.807) is 0 Å². The Morgan fingerprint density at radius 3 is 1.03 bits per heavy atom. The lowest BCUT2D eigenvalue weighted by molar-refractivity contribution is -0.302. The largest absolute Gasteiger partial charge is 0.394 e. The summed E-state index contributed by atoms with van der Waals surface area (Å²) in [6.07, 6.45) is 54.4. The van der Waals surface area contributed by atoms with Gasteiger partial charge in [-0.05, 0) is 12.8 Å². The van der Waals surface area contributed by atoms with E-state index in [2.05, 4.69) is 19.2 Å². The van der Waals surface area contributed by atoms with Crippen LogP contribution in [0.2, 0.25) is 0 Å². The number of hydrogen-bond donors (Lipinski definition) is 6. The molecule has 1 saturated heterocycles. The van der Waals surface area contributed by atoms with Crippen LogP contribution in [-0.4, -0.2) is 87.5 Å². The van der Waals surface area contributed by atoms with Crippen LogP contribution in [-0.2, 0) is 14.3 Å². The quantitative estimate of drug-likeness (QED) is 0.0330. The highest BCUT2D eigenvalue weighted by Gasteiger charge is 2.44. The zero-order valence-electron chi connectivity index (χ0n) is 45.9. The summed E-state index contributed by atoms with van der Waals surface area (Å²) in [7, 11) is 0. The lowest BCUT2D eigenvalue weighted by Gasteiger charge is -2.40. The summed E-state index contributed by atoms with van der Waals surface area (Å²) in [5.41, 5.74) is 0. The van der Waals surface area contributed by atoms with Gasteiger partial charge in [-0.25, -0.2) is 0 Å². The molecule has 0 aromatic rings. The van der Waals surface area contributed by atoms with Crippen LogP contribution in [0, 0.1) is 0 Å². The number of unbranched alkanes of at least 4 members (excludes halogenated alkanes) is 44. The molecule has 1 rings (SSSR count). The molecule has 0 spiro atoms. The molecule has 1 fully saturated rings. The molecule has 0 bridgehead atoms. The average Bonchev–Trinajstić information content (AvgIpc) is 3.35. The zero-order chi connectivity index (χ0) is 50.1. The third-order valence-electron chi connectivity index (χ3n) is 15.2. The van der Waals surface area contributed by atoms with Crippen molar-refractivity contribution >= 4 is 5.91 Å². The molecular formula is C60H119NO8. The van der Waals surface area contributed by atoms with Crippen LogP contribution < -0.4 is 5.32 Å². The minimum atomic E-state index is -1.55. The molecule has 69 heavy (non-hydrogen) atoms. The van der Waals surface area contributed by atoms with E-state index >= 15 is 0 Å². The lowest BCUT2D eigenvalue weighted by Crippen LogP contribution is -2.60. The second-order valence-corrected chi connectivity index (χ2v) is 21.9. The van der Waals surface area contributed by atoms with E-state index in [1.807, 2.05) is 0 Å². The Morgan fingerprint density at radius 1 is 0.435 bits per heavy atom. The number of rotatable bonds is 54. The van der Waals surface area contributed by atoms with Crippen molar-refractivity contribution in [3.05, 3.63) is 0 Å². The van der Waals surface area contributed by atoms with Crippen molar-refractivity contribution in [2.24, 2.45) is 0 Å². The zero-order valence-corrected chi connectivity index (χ0v) is 45.9. The summed E-state index contributed by atoms with van der Waals surface area (Å²) < 4.78 is 11.3. The number of ether oxygens (including phenoxy) is 2. The van der Waals surface area contributed by atoms with Gasteiger partial charge in [0.1, 0.15) is 24.4 Å². The molecule has 9 heteroatoms. The molecule has 7 atom stereocenters. The van der Waals surface area contributed by atoms with Crippen LogP contribution in [0.25, 0.3) is 0 Å². The second kappa shape index (κ2) is 50.7. The number of aliphatic hydroxyl groups is 5. The number of hydrogen-bond acceptors (Lipinski definition) is 8. The summed E-state index contributed by atoms with van der Waals surface area (Å²) in [4.78, 5) is 13.1. The Morgan fingerprint density at radius 2 is 0.725 bits per heavy atom. The second-order valence-electron chi connectivity index (χ2n) is 21.9. The highest BCUT2D eigenvalue weighted by Crippen LogP contribution is 2.24. The fourth-order valence-corrected chi connectivity index (χ4v) is 10.3. The van der Waals surface area contributed by atoms with Crippen molar-refractivity contribution < 1.29 is 39.8 Å². The van der Waals surface area contributed by atoms with Crippen LogP contribution >= 0.6 is 0 Å². The third-order valence-corrected chi connectivity index (χ3v) is 15.2. The van der Waals surface area contributed by atoms with Gasteiger partial charge < -0.3 is 40.3 Å². The van der Waals surface area contributed by atoms with Crippen molar-refractivity contribution in [3.8, 4) is 0 Å². The topological polar surface area (TPSA) is 149 Å². The Labute approximate surface area is 427 Å². The normalized spacial score (nSPS) is 19.3. The molecule has 1 aliphatic rings. The van der Waals surface area contributed by atoms with E-state index in [0.29, 0.717) is 12.8 Å². The number of carbonyl (C=O) groups is 1. The molecule has 0 aromatic heterocycles. The summed E-state index contributed by atoms with van der Waals surface area (Å²) >= 11 is 0. The predicted molar refractivity (Wildman–Crippen MR) is 291 cm³/mol. The maximum Gasteiger partial charge on any atom is 0.220 e. The minimum Gasteiger partial charge on any atom is -0.394 e. The van der Waals surface area contributed by atoms with E-state index in [-0.39, 0.29) is 12.5 Å². The fraction of sp³-hybridized carbons (Fsp3) is 0.983. The molecule has 6 N–H and O–H groups in total. The predicted octanol–water partition coefficient (Wildman–Crippen LogP) is 15.4. The summed E-state index contributed by atoms with van der Waals surface area (Å²) in [5.74, 6) is -0.136. The number of carbonyl (C=O) groups excluding carboxylic acids is 1. The van der Waals surface area contributed by atoms with E-state index in [9.17, 15) is 30.3 Å². The molecule has 0 aromatic carbocycles. The molecule has 9 nitrogen and oxygen atoms in total. The van der Waals surface area contributed by atoms with Gasteiger partial charge >= 0.3 is 0 Å². The van der Waals surface area contributed by atoms with Crippen molar-refractivity contribution in [2.45, 2.75) is 365 Å². The minimum absolute atomic E-state index is 0.131. The molecule has 0 saturated carbocycles. The van der Waals surface area contributed by atoms with E-state index in [0.717, 1.165) is 38.5 Å². The molecule has 0 radical (unpaired) electrons. The van der Waals surface area contributed by atoms with Crippen LogP contribution in [0.15, 0.2) is 0 Å². The first-order chi connectivity index (χ1) is 33.8. The maximum absolute atomic E-state index is 13.1. The van der Waals surface area contributed by atoms with Crippen LogP contribution in [0.5, 0.6) is 0 Å². The fourth-order valence-electron chi connectivity index (χ4n) is 10.3. The molecular weight excluding hydrogens is 863 g/mol. The van der Waals surface area contributed by atoms with Gasteiger partial charge in [-0.3, -0.25) is 4.79 Å². The standard InChI is InChI=1S/C60H119NO8/c1-3-5-7-9-11-13-15-17-19-21-22-23-24-25-26-27-28-29-30-31-32-33-34-36-38-40-42-44-46-48-50-56(64)61-53(52-68-60-59(67)58(66)57(65)55(51-62)69-60)54(63)49-47-45-43-41-39-37-35-20-18-16-14-12-10-8-6-4-2/h53-55,57-60,62-63,65-67H,3-52H2,1-2H3,(H,61,64). The summed E-state index contributed by atoms with van der Waals surface area (Å²) in [6, 6.07) is -0.713. The first kappa shape index (κ1) is 66.2. The maximum atomic E-state index is 13.1. The molecule has 1 aliphatic heterocycles. The van der Waals surface area contributed by atoms with Gasteiger partial charge in [0, 0.05) is 6.42 Å². The highest BCUT2D eigenvalue weighted by molar-refractivity contribution is 5.76. The lowest BCUT2D eigenvalue weighted by atomic mass is 9.99. The van der Waals surface area contributed by atoms with Crippen molar-refractivity contribution in [2.75, 3.05) is 13.2 Å². The number of amides is 1. The summed E-state index contributed by atoms with van der Waals surface area (Å²) in [5, 5.41) is 54.7. The van der Waals surface area contributed by atoms with Gasteiger partial charge in [0.2, 0.25) is 5.91 Å². The van der Waals surface area contributed by atoms with Crippen molar-refractivity contribution in [3.63, 3.8) is 0 Å². The first-order valence-electron chi connectivity index (χ1n) is 30.7. The van der Waals surface area contributed by atoms with Crippen molar-refractivity contribution in [1.82, 2.24) is 5.32 Å². The monoisotopic (exact) mass is 982 g/mol. The van der Waals surface area contributed by atoms with Gasteiger partial charge in [-0.15, -0.1) is 0 Å². The number of nitrogens with one attached hydrogen (secondary N) is 1. The molecule has 1 amide bonds. The van der Waals surface area contributed by atoms with Gasteiger partial charge in [-0.2, -0.15) is 0 Å².